The molecule has 24 heavy (non-hydrogen) atoms. The summed E-state index contributed by atoms with van der Waals surface area (Å²) in [4.78, 5) is 2.65. The first-order chi connectivity index (χ1) is 11.7. The van der Waals surface area contributed by atoms with Gasteiger partial charge in [-0.05, 0) is 59.0 Å². The summed E-state index contributed by atoms with van der Waals surface area (Å²) in [7, 11) is 0. The van der Waals surface area contributed by atoms with Crippen molar-refractivity contribution in [1.82, 2.24) is 0 Å². The monoisotopic (exact) mass is 346 g/mol. The lowest BCUT2D eigenvalue weighted by molar-refractivity contribution is 1.48. The summed E-state index contributed by atoms with van der Waals surface area (Å²) in [6.45, 7) is 4.25. The van der Waals surface area contributed by atoms with Gasteiger partial charge in [-0.2, -0.15) is 0 Å². The number of benzene rings is 2. The predicted molar refractivity (Wildman–Crippen MR) is 108 cm³/mol. The summed E-state index contributed by atoms with van der Waals surface area (Å²) in [5.41, 5.74) is 7.82. The molecule has 0 fully saturated rings. The van der Waals surface area contributed by atoms with Crippen LogP contribution in [0.25, 0.3) is 32.0 Å². The molecule has 0 N–H and O–H groups in total. The number of thiophene rings is 2. The zero-order chi connectivity index (χ0) is 16.5. The molecule has 2 aromatic carbocycles. The van der Waals surface area contributed by atoms with Crippen molar-refractivity contribution in [2.75, 3.05) is 0 Å². The molecule has 0 radical (unpaired) electrons. The van der Waals surface area contributed by atoms with E-state index in [-0.39, 0.29) is 0 Å². The van der Waals surface area contributed by atoms with Crippen LogP contribution in [0.4, 0.5) is 0 Å². The molecule has 2 heteroatoms. The van der Waals surface area contributed by atoms with Gasteiger partial charge in [0.15, 0.2) is 0 Å². The maximum atomic E-state index is 2.30. The van der Waals surface area contributed by atoms with E-state index < -0.39 is 0 Å². The fraction of sp³-hybridized carbons (Fsp3) is 0.0909. The van der Waals surface area contributed by atoms with Crippen molar-refractivity contribution in [3.8, 4) is 32.0 Å². The first-order valence-electron chi connectivity index (χ1n) is 8.00. The molecule has 0 spiro atoms. The SMILES string of the molecule is Cc1ccc(-c2cc(-c3csc(-c4ccc(C)cc4)c3)cs2)cc1. The van der Waals surface area contributed by atoms with Gasteiger partial charge in [-0.1, -0.05) is 59.7 Å². The molecule has 0 bridgehead atoms. The van der Waals surface area contributed by atoms with Gasteiger partial charge in [0.2, 0.25) is 0 Å². The average Bonchev–Trinajstić information content (AvgIpc) is 3.25. The Morgan fingerprint density at radius 1 is 0.500 bits per heavy atom. The van der Waals surface area contributed by atoms with Gasteiger partial charge >= 0.3 is 0 Å². The maximum Gasteiger partial charge on any atom is 0.0349 e. The molecule has 0 nitrogen and oxygen atoms in total. The number of hydrogen-bond acceptors (Lipinski definition) is 2. The van der Waals surface area contributed by atoms with Gasteiger partial charge in [0.1, 0.15) is 0 Å². The second-order valence-corrected chi connectivity index (χ2v) is 7.95. The van der Waals surface area contributed by atoms with Gasteiger partial charge in [0.05, 0.1) is 0 Å². The Balaban J connectivity index is 1.63. The molecule has 0 aliphatic carbocycles. The number of aryl methyl sites for hydroxylation is 2. The molecule has 0 unspecified atom stereocenters. The smallest absolute Gasteiger partial charge is 0.0349 e. The lowest BCUT2D eigenvalue weighted by Gasteiger charge is -1.98. The first-order valence-corrected chi connectivity index (χ1v) is 9.76. The van der Waals surface area contributed by atoms with Gasteiger partial charge in [-0.25, -0.2) is 0 Å². The van der Waals surface area contributed by atoms with E-state index in [1.54, 1.807) is 0 Å². The van der Waals surface area contributed by atoms with E-state index in [4.69, 9.17) is 0 Å². The molecule has 4 rings (SSSR count). The third kappa shape index (κ3) is 3.08. The highest BCUT2D eigenvalue weighted by molar-refractivity contribution is 7.14. The van der Waals surface area contributed by atoms with Gasteiger partial charge in [0.25, 0.3) is 0 Å². The van der Waals surface area contributed by atoms with Crippen molar-refractivity contribution in [3.05, 3.63) is 82.6 Å². The van der Waals surface area contributed by atoms with Crippen molar-refractivity contribution in [2.45, 2.75) is 13.8 Å². The van der Waals surface area contributed by atoms with Crippen LogP contribution in [0.15, 0.2) is 71.4 Å². The molecule has 0 aliphatic heterocycles. The van der Waals surface area contributed by atoms with E-state index in [0.29, 0.717) is 0 Å². The molecule has 0 aliphatic rings. The molecule has 0 amide bonds. The molecule has 118 valence electrons. The maximum absolute atomic E-state index is 2.30. The van der Waals surface area contributed by atoms with E-state index in [0.717, 1.165) is 0 Å². The predicted octanol–water partition coefficient (Wildman–Crippen LogP) is 7.43. The molecule has 4 aromatic rings. The Kier molecular flexibility index (Phi) is 4.09. The molecule has 0 saturated heterocycles. The van der Waals surface area contributed by atoms with Crippen LogP contribution in [0.1, 0.15) is 11.1 Å². The Bertz CT molecular complexity index is 872. The van der Waals surface area contributed by atoms with Crippen molar-refractivity contribution in [2.24, 2.45) is 0 Å². The highest BCUT2D eigenvalue weighted by Gasteiger charge is 2.08. The van der Waals surface area contributed by atoms with Crippen LogP contribution >= 0.6 is 22.7 Å². The van der Waals surface area contributed by atoms with Gasteiger partial charge in [-0.3, -0.25) is 0 Å². The second kappa shape index (κ2) is 6.39. The minimum atomic E-state index is 1.30. The first kappa shape index (κ1) is 15.4. The van der Waals surface area contributed by atoms with Crippen LogP contribution in [-0.4, -0.2) is 0 Å². The largest absolute Gasteiger partial charge is 0.143 e. The summed E-state index contributed by atoms with van der Waals surface area (Å²) in [6, 6.07) is 22.1. The van der Waals surface area contributed by atoms with E-state index in [9.17, 15) is 0 Å². The lowest BCUT2D eigenvalue weighted by Crippen LogP contribution is -1.74. The van der Waals surface area contributed by atoms with Crippen molar-refractivity contribution >= 4 is 22.7 Å². The minimum absolute atomic E-state index is 1.30. The third-order valence-corrected chi connectivity index (χ3v) is 6.16. The van der Waals surface area contributed by atoms with E-state index in [1.165, 1.54) is 43.1 Å². The average molecular weight is 347 g/mol. The zero-order valence-corrected chi connectivity index (χ0v) is 15.4. The zero-order valence-electron chi connectivity index (χ0n) is 13.7. The fourth-order valence-electron chi connectivity index (χ4n) is 2.71. The third-order valence-electron chi connectivity index (χ3n) is 4.20. The minimum Gasteiger partial charge on any atom is -0.143 e. The molecule has 0 atom stereocenters. The Morgan fingerprint density at radius 2 is 0.875 bits per heavy atom. The van der Waals surface area contributed by atoms with E-state index in [1.807, 2.05) is 22.7 Å². The number of hydrogen-bond donors (Lipinski definition) is 0. The van der Waals surface area contributed by atoms with Crippen molar-refractivity contribution in [3.63, 3.8) is 0 Å². The van der Waals surface area contributed by atoms with Crippen LogP contribution in [0.5, 0.6) is 0 Å². The highest BCUT2D eigenvalue weighted by atomic mass is 32.1. The van der Waals surface area contributed by atoms with Crippen LogP contribution in [0.3, 0.4) is 0 Å². The summed E-state index contributed by atoms with van der Waals surface area (Å²) in [5, 5.41) is 4.52. The summed E-state index contributed by atoms with van der Waals surface area (Å²) >= 11 is 3.63. The summed E-state index contributed by atoms with van der Waals surface area (Å²) in [6.07, 6.45) is 0. The van der Waals surface area contributed by atoms with Gasteiger partial charge < -0.3 is 0 Å². The van der Waals surface area contributed by atoms with Crippen molar-refractivity contribution < 1.29 is 0 Å². The Hall–Kier alpha value is -2.16. The lowest BCUT2D eigenvalue weighted by atomic mass is 10.1. The molecule has 2 heterocycles. The highest BCUT2D eigenvalue weighted by Crippen LogP contribution is 2.37. The Labute approximate surface area is 151 Å². The molecule has 2 aromatic heterocycles. The van der Waals surface area contributed by atoms with Crippen LogP contribution < -0.4 is 0 Å². The van der Waals surface area contributed by atoms with E-state index >= 15 is 0 Å². The van der Waals surface area contributed by atoms with Crippen LogP contribution in [0, 0.1) is 13.8 Å². The van der Waals surface area contributed by atoms with Gasteiger partial charge in [0, 0.05) is 9.75 Å². The standard InChI is InChI=1S/C22H18S2/c1-15-3-7-17(8-4-15)21-11-19(13-23-21)20-12-22(24-14-20)18-9-5-16(2)6-10-18/h3-14H,1-2H3. The fourth-order valence-corrected chi connectivity index (χ4v) is 4.56. The van der Waals surface area contributed by atoms with Crippen LogP contribution in [-0.2, 0) is 0 Å². The van der Waals surface area contributed by atoms with Gasteiger partial charge in [-0.15, -0.1) is 22.7 Å². The number of rotatable bonds is 3. The molecular weight excluding hydrogens is 328 g/mol. The second-order valence-electron chi connectivity index (χ2n) is 6.13. The molecule has 0 saturated carbocycles. The van der Waals surface area contributed by atoms with E-state index in [2.05, 4.69) is 85.3 Å². The van der Waals surface area contributed by atoms with Crippen LogP contribution in [0.2, 0.25) is 0 Å². The topological polar surface area (TPSA) is 0 Å². The quantitative estimate of drug-likeness (QED) is 0.362. The normalized spacial score (nSPS) is 10.9. The Morgan fingerprint density at radius 3 is 1.25 bits per heavy atom. The van der Waals surface area contributed by atoms with Crippen molar-refractivity contribution in [1.29, 1.82) is 0 Å². The molecular formula is C22H18S2. The summed E-state index contributed by atoms with van der Waals surface area (Å²) < 4.78 is 0. The summed E-state index contributed by atoms with van der Waals surface area (Å²) in [5.74, 6) is 0.